The fourth-order valence-electron chi connectivity index (χ4n) is 6.09. The summed E-state index contributed by atoms with van der Waals surface area (Å²) in [5, 5.41) is 7.01. The Balaban J connectivity index is 1.26. The average molecular weight is 619 g/mol. The molecule has 222 valence electrons. The van der Waals surface area contributed by atoms with E-state index in [2.05, 4.69) is 26.8 Å². The first-order chi connectivity index (χ1) is 20.1. The molecule has 2 N–H and O–H groups in total. The molecule has 1 spiro atoms. The van der Waals surface area contributed by atoms with Gasteiger partial charge in [0.1, 0.15) is 11.6 Å². The van der Waals surface area contributed by atoms with Gasteiger partial charge in [-0.3, -0.25) is 4.79 Å². The predicted octanol–water partition coefficient (Wildman–Crippen LogP) is 7.89. The Kier molecular flexibility index (Phi) is 9.35. The lowest BCUT2D eigenvalue weighted by Crippen LogP contribution is -2.45. The van der Waals surface area contributed by atoms with Crippen LogP contribution in [-0.2, 0) is 16.8 Å². The van der Waals surface area contributed by atoms with E-state index in [1.165, 1.54) is 18.2 Å². The Morgan fingerprint density at radius 2 is 1.86 bits per heavy atom. The molecule has 0 aliphatic carbocycles. The van der Waals surface area contributed by atoms with Crippen molar-refractivity contribution < 1.29 is 22.7 Å². The normalized spacial score (nSPS) is 17.0. The van der Waals surface area contributed by atoms with Gasteiger partial charge in [-0.2, -0.15) is 8.78 Å². The number of hydrogen-bond acceptors (Lipinski definition) is 4. The van der Waals surface area contributed by atoms with Crippen molar-refractivity contribution in [1.29, 1.82) is 0 Å². The van der Waals surface area contributed by atoms with E-state index in [-0.39, 0.29) is 29.4 Å². The molecule has 5 nitrogen and oxygen atoms in total. The highest BCUT2D eigenvalue weighted by atomic mass is 35.5. The number of ether oxygens (including phenoxy) is 1. The number of piperidine rings is 1. The van der Waals surface area contributed by atoms with Crippen LogP contribution in [0.3, 0.4) is 0 Å². The fraction of sp³-hybridized carbons (Fsp3) is 0.344. The smallest absolute Gasteiger partial charge is 0.387 e. The zero-order valence-corrected chi connectivity index (χ0v) is 24.5. The maximum atomic E-state index is 14.2. The van der Waals surface area contributed by atoms with Gasteiger partial charge in [-0.05, 0) is 104 Å². The third-order valence-corrected chi connectivity index (χ3v) is 8.96. The number of carbonyl (C=O) groups excluding carboxylic acids is 1. The molecule has 1 unspecified atom stereocenters. The maximum Gasteiger partial charge on any atom is 0.387 e. The number of halogens is 5. The van der Waals surface area contributed by atoms with Crippen molar-refractivity contribution in [2.24, 2.45) is 0 Å². The molecule has 2 heterocycles. The van der Waals surface area contributed by atoms with Crippen LogP contribution in [0.25, 0.3) is 0 Å². The lowest BCUT2D eigenvalue weighted by molar-refractivity contribution is -0.123. The van der Waals surface area contributed by atoms with Gasteiger partial charge in [0, 0.05) is 23.3 Å². The molecule has 1 amide bonds. The topological polar surface area (TPSA) is 53.6 Å². The molecule has 0 bridgehead atoms. The Hall–Kier alpha value is -3.20. The Bertz CT molecular complexity index is 1460. The predicted molar refractivity (Wildman–Crippen MR) is 160 cm³/mol. The first kappa shape index (κ1) is 30.3. The van der Waals surface area contributed by atoms with Crippen LogP contribution in [0.4, 0.5) is 18.9 Å². The summed E-state index contributed by atoms with van der Waals surface area (Å²) in [6, 6.07) is 16.3. The number of nitrogens with zero attached hydrogens (tertiary/aromatic N) is 1. The molecule has 3 aromatic carbocycles. The van der Waals surface area contributed by atoms with Gasteiger partial charge in [-0.15, -0.1) is 0 Å². The van der Waals surface area contributed by atoms with Crippen LogP contribution in [0.15, 0.2) is 72.9 Å². The quantitative estimate of drug-likeness (QED) is 0.256. The second-order valence-corrected chi connectivity index (χ2v) is 11.8. The van der Waals surface area contributed by atoms with E-state index in [1.807, 2.05) is 0 Å². The van der Waals surface area contributed by atoms with Crippen LogP contribution in [0, 0.1) is 5.82 Å². The zero-order valence-electron chi connectivity index (χ0n) is 22.9. The molecule has 42 heavy (non-hydrogen) atoms. The summed E-state index contributed by atoms with van der Waals surface area (Å²) in [5.74, 6) is -0.928. The van der Waals surface area contributed by atoms with Gasteiger partial charge in [0.15, 0.2) is 0 Å². The van der Waals surface area contributed by atoms with E-state index in [1.54, 1.807) is 42.5 Å². The molecule has 0 aromatic heterocycles. The van der Waals surface area contributed by atoms with E-state index in [0.29, 0.717) is 28.6 Å². The van der Waals surface area contributed by atoms with Gasteiger partial charge in [0.2, 0.25) is 5.91 Å². The first-order valence-electron chi connectivity index (χ1n) is 13.9. The number of allylic oxidation sites excluding steroid dienone is 1. The largest absolute Gasteiger partial charge is 0.435 e. The van der Waals surface area contributed by atoms with Crippen LogP contribution < -0.4 is 15.4 Å². The van der Waals surface area contributed by atoms with Crippen LogP contribution in [0.1, 0.15) is 48.3 Å². The zero-order chi connectivity index (χ0) is 29.9. The molecule has 1 atom stereocenters. The summed E-state index contributed by atoms with van der Waals surface area (Å²) < 4.78 is 43.9. The summed E-state index contributed by atoms with van der Waals surface area (Å²) in [5.41, 5.74) is 4.07. The molecule has 2 aliphatic heterocycles. The monoisotopic (exact) mass is 617 g/mol. The minimum atomic E-state index is -2.93. The van der Waals surface area contributed by atoms with Crippen LogP contribution in [0.5, 0.6) is 5.75 Å². The van der Waals surface area contributed by atoms with Gasteiger partial charge >= 0.3 is 6.61 Å². The maximum absolute atomic E-state index is 14.2. The number of alkyl halides is 2. The molecule has 2 aliphatic rings. The van der Waals surface area contributed by atoms with Crippen LogP contribution >= 0.6 is 23.2 Å². The summed E-state index contributed by atoms with van der Waals surface area (Å²) >= 11 is 12.4. The molecular weight excluding hydrogens is 586 g/mol. The molecular formula is C32H32Cl2F3N3O2. The van der Waals surface area contributed by atoms with Crippen molar-refractivity contribution in [3.63, 3.8) is 0 Å². The third-order valence-electron chi connectivity index (χ3n) is 8.22. The summed E-state index contributed by atoms with van der Waals surface area (Å²) in [6.07, 6.45) is 3.00. The minimum Gasteiger partial charge on any atom is -0.435 e. The molecule has 1 saturated heterocycles. The van der Waals surface area contributed by atoms with Gasteiger partial charge in [0.25, 0.3) is 0 Å². The van der Waals surface area contributed by atoms with Crippen LogP contribution in [-0.4, -0.2) is 37.1 Å². The SMILES string of the molecule is C=C1CC2(CCN(CCC(C(=O)NCc3cccc(OC(F)F)c3)c3ccc(Cl)c(Cl)c3)CC2)c2cc(F)ccc2N1. The molecule has 0 radical (unpaired) electrons. The van der Waals surface area contributed by atoms with Crippen molar-refractivity contribution >= 4 is 34.8 Å². The molecule has 5 rings (SSSR count). The summed E-state index contributed by atoms with van der Waals surface area (Å²) in [7, 11) is 0. The number of carbonyl (C=O) groups is 1. The van der Waals surface area contributed by atoms with E-state index < -0.39 is 12.5 Å². The first-order valence-corrected chi connectivity index (χ1v) is 14.6. The summed E-state index contributed by atoms with van der Waals surface area (Å²) in [4.78, 5) is 15.8. The van der Waals surface area contributed by atoms with Crippen molar-refractivity contribution in [1.82, 2.24) is 10.2 Å². The number of rotatable bonds is 9. The molecule has 1 fully saturated rings. The number of hydrogen-bond donors (Lipinski definition) is 2. The second kappa shape index (κ2) is 13.0. The molecule has 0 saturated carbocycles. The van der Waals surface area contributed by atoms with Gasteiger partial charge in [0.05, 0.1) is 16.0 Å². The lowest BCUT2D eigenvalue weighted by Gasteiger charge is -2.46. The van der Waals surface area contributed by atoms with Gasteiger partial charge < -0.3 is 20.3 Å². The van der Waals surface area contributed by atoms with Gasteiger partial charge in [-0.1, -0.05) is 48.0 Å². The highest BCUT2D eigenvalue weighted by Crippen LogP contribution is 2.47. The third kappa shape index (κ3) is 7.05. The number of fused-ring (bicyclic) bond motifs is 2. The van der Waals surface area contributed by atoms with Crippen molar-refractivity contribution in [3.8, 4) is 5.75 Å². The van der Waals surface area contributed by atoms with E-state index >= 15 is 0 Å². The fourth-order valence-corrected chi connectivity index (χ4v) is 6.39. The Labute approximate surface area is 253 Å². The number of anilines is 1. The van der Waals surface area contributed by atoms with Crippen molar-refractivity contribution in [2.75, 3.05) is 25.0 Å². The van der Waals surface area contributed by atoms with E-state index in [0.717, 1.165) is 54.9 Å². The highest BCUT2D eigenvalue weighted by molar-refractivity contribution is 6.42. The number of nitrogens with one attached hydrogen (secondary N) is 2. The minimum absolute atomic E-state index is 0.0309. The highest BCUT2D eigenvalue weighted by Gasteiger charge is 2.41. The number of benzene rings is 3. The average Bonchev–Trinajstić information content (AvgIpc) is 2.95. The van der Waals surface area contributed by atoms with Crippen LogP contribution in [0.2, 0.25) is 10.0 Å². The van der Waals surface area contributed by atoms with Crippen molar-refractivity contribution in [3.05, 3.63) is 105 Å². The van der Waals surface area contributed by atoms with E-state index in [4.69, 9.17) is 23.2 Å². The summed E-state index contributed by atoms with van der Waals surface area (Å²) in [6.45, 7) is 3.66. The van der Waals surface area contributed by atoms with Crippen molar-refractivity contribution in [2.45, 2.75) is 50.2 Å². The Morgan fingerprint density at radius 1 is 1.07 bits per heavy atom. The standard InChI is InChI=1S/C32H32Cl2F3N3O2/c1-20-18-32(26-17-23(35)6-8-29(26)39-20)10-13-40(14-11-32)12-9-25(22-5-7-27(33)28(34)16-22)30(41)38-19-21-3-2-4-24(15-21)42-31(36)37/h2-8,15-17,25,31,39H,1,9-14,18-19H2,(H,38,41). The number of likely N-dealkylation sites (tertiary alicyclic amines) is 1. The molecule has 3 aromatic rings. The van der Waals surface area contributed by atoms with Gasteiger partial charge in [-0.25, -0.2) is 4.39 Å². The lowest BCUT2D eigenvalue weighted by atomic mass is 9.67. The van der Waals surface area contributed by atoms with E-state index in [9.17, 15) is 18.0 Å². The second-order valence-electron chi connectivity index (χ2n) is 11.0. The molecule has 10 heteroatoms. The Morgan fingerprint density at radius 3 is 2.60 bits per heavy atom. The number of amides is 1.